The van der Waals surface area contributed by atoms with Crippen LogP contribution in [-0.4, -0.2) is 18.1 Å². The fourth-order valence-corrected chi connectivity index (χ4v) is 1.63. The van der Waals surface area contributed by atoms with E-state index < -0.39 is 18.1 Å². The molecule has 6 heteroatoms. The van der Waals surface area contributed by atoms with Crippen LogP contribution in [0, 0.1) is 0 Å². The Bertz CT molecular complexity index is 433. The van der Waals surface area contributed by atoms with Crippen LogP contribution >= 0.6 is 0 Å². The van der Waals surface area contributed by atoms with Crippen molar-refractivity contribution in [2.45, 2.75) is 39.0 Å². The molecule has 1 atom stereocenters. The summed E-state index contributed by atoms with van der Waals surface area (Å²) in [6, 6.07) is 6.08. The Labute approximate surface area is 110 Å². The number of nitrogens with one attached hydrogen (secondary N) is 1. The topological polar surface area (TPSA) is 64.3 Å². The maximum Gasteiger partial charge on any atom is 0.387 e. The fourth-order valence-electron chi connectivity index (χ4n) is 1.63. The van der Waals surface area contributed by atoms with Crippen LogP contribution in [0.25, 0.3) is 0 Å². The molecule has 1 aromatic rings. The Morgan fingerprint density at radius 1 is 1.32 bits per heavy atom. The molecule has 0 aliphatic rings. The molecule has 3 N–H and O–H groups in total. The molecule has 0 saturated heterocycles. The van der Waals surface area contributed by atoms with E-state index in [1.807, 2.05) is 6.92 Å². The summed E-state index contributed by atoms with van der Waals surface area (Å²) in [5, 5.41) is 3.07. The van der Waals surface area contributed by atoms with Gasteiger partial charge in [-0.05, 0) is 38.5 Å². The van der Waals surface area contributed by atoms with Crippen LogP contribution in [0.1, 0.15) is 32.4 Å². The first-order valence-corrected chi connectivity index (χ1v) is 5.85. The van der Waals surface area contributed by atoms with E-state index in [9.17, 15) is 13.6 Å². The molecule has 0 bridgehead atoms. The second-order valence-corrected chi connectivity index (χ2v) is 4.80. The van der Waals surface area contributed by atoms with Gasteiger partial charge in [0.1, 0.15) is 5.75 Å². The molecular formula is C13H18F2N2O2. The molecule has 1 unspecified atom stereocenters. The number of nitrogens with two attached hydrogens (primary N) is 1. The number of ether oxygens (including phenoxy) is 1. The van der Waals surface area contributed by atoms with E-state index >= 15 is 0 Å². The van der Waals surface area contributed by atoms with Gasteiger partial charge in [-0.1, -0.05) is 12.1 Å². The molecule has 0 fully saturated rings. The summed E-state index contributed by atoms with van der Waals surface area (Å²) in [7, 11) is 0. The number of carbonyl (C=O) groups is 1. The third-order valence-corrected chi connectivity index (χ3v) is 2.80. The lowest BCUT2D eigenvalue weighted by molar-refractivity contribution is -0.123. The van der Waals surface area contributed by atoms with E-state index in [4.69, 9.17) is 5.73 Å². The van der Waals surface area contributed by atoms with Gasteiger partial charge in [-0.3, -0.25) is 10.1 Å². The fraction of sp³-hybridized carbons (Fsp3) is 0.462. The average Bonchev–Trinajstić information content (AvgIpc) is 2.28. The average molecular weight is 272 g/mol. The second kappa shape index (κ2) is 5.97. The van der Waals surface area contributed by atoms with Gasteiger partial charge in [0.05, 0.1) is 5.54 Å². The lowest BCUT2D eigenvalue weighted by atomic mass is 10.0. The summed E-state index contributed by atoms with van der Waals surface area (Å²) in [5.41, 5.74) is 5.26. The Balaban J connectivity index is 2.73. The standard InChI is InChI=1S/C13H18F2N2O2/c1-8(17-13(2,3)11(16)18)9-4-6-10(7-5-9)19-12(14)15/h4-8,12,17H,1-3H3,(H2,16,18). The summed E-state index contributed by atoms with van der Waals surface area (Å²) >= 11 is 0. The van der Waals surface area contributed by atoms with Crippen molar-refractivity contribution in [2.75, 3.05) is 0 Å². The Kier molecular flexibility index (Phi) is 4.83. The smallest absolute Gasteiger partial charge is 0.387 e. The Morgan fingerprint density at radius 3 is 2.26 bits per heavy atom. The highest BCUT2D eigenvalue weighted by Crippen LogP contribution is 2.20. The number of rotatable bonds is 6. The minimum atomic E-state index is -2.84. The number of primary amides is 1. The summed E-state index contributed by atoms with van der Waals surface area (Å²) in [4.78, 5) is 11.2. The second-order valence-electron chi connectivity index (χ2n) is 4.80. The van der Waals surface area contributed by atoms with E-state index in [1.165, 1.54) is 12.1 Å². The van der Waals surface area contributed by atoms with Crippen LogP contribution in [0.3, 0.4) is 0 Å². The van der Waals surface area contributed by atoms with Crippen LogP contribution in [0.2, 0.25) is 0 Å². The van der Waals surface area contributed by atoms with Gasteiger partial charge in [-0.2, -0.15) is 8.78 Å². The highest BCUT2D eigenvalue weighted by atomic mass is 19.3. The van der Waals surface area contributed by atoms with Crippen LogP contribution in [0.5, 0.6) is 5.75 Å². The largest absolute Gasteiger partial charge is 0.435 e. The van der Waals surface area contributed by atoms with Crippen molar-refractivity contribution in [3.63, 3.8) is 0 Å². The highest BCUT2D eigenvalue weighted by molar-refractivity contribution is 5.83. The number of amides is 1. The zero-order valence-electron chi connectivity index (χ0n) is 11.1. The molecule has 0 aromatic heterocycles. The molecule has 0 radical (unpaired) electrons. The zero-order chi connectivity index (χ0) is 14.6. The van der Waals surface area contributed by atoms with Crippen LogP contribution < -0.4 is 15.8 Å². The van der Waals surface area contributed by atoms with E-state index in [0.29, 0.717) is 0 Å². The first kappa shape index (κ1) is 15.4. The van der Waals surface area contributed by atoms with Crippen molar-refractivity contribution >= 4 is 5.91 Å². The van der Waals surface area contributed by atoms with Crippen molar-refractivity contribution < 1.29 is 18.3 Å². The predicted molar refractivity (Wildman–Crippen MR) is 67.9 cm³/mol. The number of hydrogen-bond acceptors (Lipinski definition) is 3. The molecule has 0 saturated carbocycles. The third-order valence-electron chi connectivity index (χ3n) is 2.80. The molecule has 1 aromatic carbocycles. The monoisotopic (exact) mass is 272 g/mol. The summed E-state index contributed by atoms with van der Waals surface area (Å²) in [6.45, 7) is 2.38. The SMILES string of the molecule is CC(NC(C)(C)C(N)=O)c1ccc(OC(F)F)cc1. The van der Waals surface area contributed by atoms with E-state index in [1.54, 1.807) is 26.0 Å². The molecular weight excluding hydrogens is 254 g/mol. The summed E-state index contributed by atoms with van der Waals surface area (Å²) in [5.74, 6) is -0.364. The van der Waals surface area contributed by atoms with Gasteiger partial charge in [-0.15, -0.1) is 0 Å². The van der Waals surface area contributed by atoms with Crippen molar-refractivity contribution in [3.8, 4) is 5.75 Å². The molecule has 0 aliphatic heterocycles. The predicted octanol–water partition coefficient (Wildman–Crippen LogP) is 2.20. The van der Waals surface area contributed by atoms with E-state index in [0.717, 1.165) is 5.56 Å². The van der Waals surface area contributed by atoms with Crippen LogP contribution in [0.4, 0.5) is 8.78 Å². The first-order chi connectivity index (χ1) is 8.72. The normalized spacial score (nSPS) is 13.4. The van der Waals surface area contributed by atoms with E-state index in [2.05, 4.69) is 10.1 Å². The lowest BCUT2D eigenvalue weighted by Crippen LogP contribution is -2.51. The van der Waals surface area contributed by atoms with Crippen molar-refractivity contribution in [1.29, 1.82) is 0 Å². The van der Waals surface area contributed by atoms with E-state index in [-0.39, 0.29) is 11.8 Å². The van der Waals surface area contributed by atoms with Gasteiger partial charge in [0.2, 0.25) is 5.91 Å². The van der Waals surface area contributed by atoms with Gasteiger partial charge < -0.3 is 10.5 Å². The maximum absolute atomic E-state index is 12.0. The van der Waals surface area contributed by atoms with Gasteiger partial charge in [0.15, 0.2) is 0 Å². The number of benzene rings is 1. The van der Waals surface area contributed by atoms with Gasteiger partial charge >= 0.3 is 6.61 Å². The van der Waals surface area contributed by atoms with Crippen molar-refractivity contribution in [3.05, 3.63) is 29.8 Å². The molecule has 0 heterocycles. The molecule has 19 heavy (non-hydrogen) atoms. The summed E-state index contributed by atoms with van der Waals surface area (Å²) < 4.78 is 28.3. The van der Waals surface area contributed by atoms with Crippen molar-refractivity contribution in [2.24, 2.45) is 5.73 Å². The minimum Gasteiger partial charge on any atom is -0.435 e. The van der Waals surface area contributed by atoms with Gasteiger partial charge in [-0.25, -0.2) is 0 Å². The maximum atomic E-state index is 12.0. The molecule has 1 amide bonds. The molecule has 0 spiro atoms. The molecule has 1 rings (SSSR count). The Hall–Kier alpha value is -1.69. The lowest BCUT2D eigenvalue weighted by Gasteiger charge is -2.27. The van der Waals surface area contributed by atoms with Crippen LogP contribution in [0.15, 0.2) is 24.3 Å². The zero-order valence-corrected chi connectivity index (χ0v) is 11.1. The third kappa shape index (κ3) is 4.48. The van der Waals surface area contributed by atoms with Crippen molar-refractivity contribution in [1.82, 2.24) is 5.32 Å². The number of alkyl halides is 2. The van der Waals surface area contributed by atoms with Gasteiger partial charge in [0, 0.05) is 6.04 Å². The van der Waals surface area contributed by atoms with Gasteiger partial charge in [0.25, 0.3) is 0 Å². The molecule has 0 aliphatic carbocycles. The first-order valence-electron chi connectivity index (χ1n) is 5.85. The number of halogens is 2. The highest BCUT2D eigenvalue weighted by Gasteiger charge is 2.26. The molecule has 4 nitrogen and oxygen atoms in total. The quantitative estimate of drug-likeness (QED) is 0.834. The van der Waals surface area contributed by atoms with Crippen LogP contribution in [-0.2, 0) is 4.79 Å². The number of hydrogen-bond donors (Lipinski definition) is 2. The Morgan fingerprint density at radius 2 is 1.84 bits per heavy atom. The number of carbonyl (C=O) groups excluding carboxylic acids is 1. The summed E-state index contributed by atoms with van der Waals surface area (Å²) in [6.07, 6.45) is 0. The molecule has 106 valence electrons. The minimum absolute atomic E-state index is 0.0973.